The van der Waals surface area contributed by atoms with Gasteiger partial charge in [-0.3, -0.25) is 10.1 Å². The Balaban J connectivity index is 0.00000208. The number of halogens is 1. The molecule has 0 bridgehead atoms. The van der Waals surface area contributed by atoms with Gasteiger partial charge >= 0.3 is 0 Å². The summed E-state index contributed by atoms with van der Waals surface area (Å²) >= 11 is 1.76. The second-order valence-corrected chi connectivity index (χ2v) is 6.81. The second kappa shape index (κ2) is 9.30. The van der Waals surface area contributed by atoms with Crippen LogP contribution in [0.25, 0.3) is 0 Å². The first kappa shape index (κ1) is 19.1. The molecule has 7 nitrogen and oxygen atoms in total. The van der Waals surface area contributed by atoms with Gasteiger partial charge < -0.3 is 10.2 Å². The van der Waals surface area contributed by atoms with E-state index in [1.54, 1.807) is 17.7 Å². The lowest BCUT2D eigenvalue weighted by Crippen LogP contribution is -2.45. The minimum Gasteiger partial charge on any atom is -0.350 e. The third-order valence-electron chi connectivity index (χ3n) is 4.17. The molecule has 132 valence electrons. The first-order chi connectivity index (χ1) is 11.3. The Hall–Kier alpha value is -1.23. The van der Waals surface area contributed by atoms with Gasteiger partial charge in [-0.1, -0.05) is 6.92 Å². The van der Waals surface area contributed by atoms with Crippen LogP contribution in [0, 0.1) is 0 Å². The summed E-state index contributed by atoms with van der Waals surface area (Å²) in [5, 5.41) is 11.5. The summed E-state index contributed by atoms with van der Waals surface area (Å²) in [5.41, 5.74) is 0. The minimum atomic E-state index is 0. The van der Waals surface area contributed by atoms with Crippen molar-refractivity contribution in [3.8, 4) is 0 Å². The molecule has 1 aliphatic heterocycles. The summed E-state index contributed by atoms with van der Waals surface area (Å²) in [6.07, 6.45) is 6.72. The van der Waals surface area contributed by atoms with Crippen molar-refractivity contribution in [1.82, 2.24) is 30.4 Å². The van der Waals surface area contributed by atoms with E-state index in [1.165, 1.54) is 4.88 Å². The van der Waals surface area contributed by atoms with E-state index < -0.39 is 0 Å². The maximum Gasteiger partial charge on any atom is 0.193 e. The van der Waals surface area contributed by atoms with E-state index in [4.69, 9.17) is 0 Å². The number of aromatic nitrogens is 4. The molecule has 0 spiro atoms. The van der Waals surface area contributed by atoms with Gasteiger partial charge in [0.2, 0.25) is 0 Å². The fourth-order valence-electron chi connectivity index (χ4n) is 2.86. The fourth-order valence-corrected chi connectivity index (χ4v) is 3.66. The number of hydrogen-bond donors (Lipinski definition) is 2. The average Bonchev–Trinajstić information content (AvgIpc) is 3.28. The number of thiazole rings is 1. The summed E-state index contributed by atoms with van der Waals surface area (Å²) < 4.78 is 0. The molecule has 2 aromatic rings. The second-order valence-electron chi connectivity index (χ2n) is 5.61. The molecule has 9 heteroatoms. The van der Waals surface area contributed by atoms with Gasteiger partial charge in [0.25, 0.3) is 0 Å². The summed E-state index contributed by atoms with van der Waals surface area (Å²) in [5.74, 6) is 2.43. The lowest BCUT2D eigenvalue weighted by Gasteiger charge is -2.33. The molecule has 0 radical (unpaired) electrons. The third-order valence-corrected chi connectivity index (χ3v) is 5.32. The lowest BCUT2D eigenvalue weighted by molar-refractivity contribution is 0.299. The van der Waals surface area contributed by atoms with Crippen LogP contribution in [-0.2, 0) is 13.0 Å². The smallest absolute Gasteiger partial charge is 0.193 e. The van der Waals surface area contributed by atoms with Crippen molar-refractivity contribution in [3.05, 3.63) is 28.2 Å². The van der Waals surface area contributed by atoms with Crippen LogP contribution in [0.2, 0.25) is 0 Å². The molecule has 2 aromatic heterocycles. The monoisotopic (exact) mass is 461 g/mol. The van der Waals surface area contributed by atoms with Gasteiger partial charge in [0.05, 0.1) is 6.54 Å². The van der Waals surface area contributed by atoms with E-state index in [2.05, 4.69) is 42.3 Å². The van der Waals surface area contributed by atoms with Crippen molar-refractivity contribution in [3.63, 3.8) is 0 Å². The van der Waals surface area contributed by atoms with Gasteiger partial charge in [0, 0.05) is 37.1 Å². The molecule has 0 atom stereocenters. The number of aliphatic imine (C=N–C) groups is 1. The zero-order valence-electron chi connectivity index (χ0n) is 14.0. The Morgan fingerprint density at radius 1 is 1.42 bits per heavy atom. The molecule has 3 rings (SSSR count). The van der Waals surface area contributed by atoms with E-state index in [0.29, 0.717) is 5.92 Å². The van der Waals surface area contributed by atoms with Crippen LogP contribution in [0.3, 0.4) is 0 Å². The Kier molecular flexibility index (Phi) is 7.40. The van der Waals surface area contributed by atoms with Crippen molar-refractivity contribution in [2.45, 2.75) is 38.6 Å². The standard InChI is InChI=1S/C15H23N7S.HI/c1-3-12-8-17-13(23-12)9-18-15(16-2)22-6-4-11(5-7-22)14-19-10-20-21-14;/h8,10-11H,3-7,9H2,1-2H3,(H,16,18)(H,19,20,21);1H. The van der Waals surface area contributed by atoms with Crippen molar-refractivity contribution in [1.29, 1.82) is 0 Å². The number of nitrogens with one attached hydrogen (secondary N) is 2. The largest absolute Gasteiger partial charge is 0.350 e. The highest BCUT2D eigenvalue weighted by molar-refractivity contribution is 14.0. The maximum absolute atomic E-state index is 4.45. The highest BCUT2D eigenvalue weighted by Gasteiger charge is 2.24. The Bertz CT molecular complexity index is 632. The SMILES string of the molecule is CCc1cnc(CNC(=NC)N2CCC(c3ncn[nH]3)CC2)s1.I. The topological polar surface area (TPSA) is 82.1 Å². The number of rotatable bonds is 4. The van der Waals surface area contributed by atoms with Crippen LogP contribution < -0.4 is 5.32 Å². The highest BCUT2D eigenvalue weighted by Crippen LogP contribution is 2.25. The summed E-state index contributed by atoms with van der Waals surface area (Å²) in [6, 6.07) is 0. The number of aromatic amines is 1. The Morgan fingerprint density at radius 3 is 2.79 bits per heavy atom. The van der Waals surface area contributed by atoms with Crippen molar-refractivity contribution in [2.24, 2.45) is 4.99 Å². The number of hydrogen-bond acceptors (Lipinski definition) is 5. The van der Waals surface area contributed by atoms with Crippen molar-refractivity contribution >= 4 is 41.3 Å². The summed E-state index contributed by atoms with van der Waals surface area (Å²) in [6.45, 7) is 4.84. The lowest BCUT2D eigenvalue weighted by atomic mass is 9.96. The van der Waals surface area contributed by atoms with Gasteiger partial charge in [-0.15, -0.1) is 35.3 Å². The van der Waals surface area contributed by atoms with Crippen molar-refractivity contribution < 1.29 is 0 Å². The molecule has 1 aliphatic rings. The van der Waals surface area contributed by atoms with E-state index in [-0.39, 0.29) is 24.0 Å². The predicted molar refractivity (Wildman–Crippen MR) is 107 cm³/mol. The molecule has 24 heavy (non-hydrogen) atoms. The van der Waals surface area contributed by atoms with E-state index in [0.717, 1.165) is 55.7 Å². The minimum absolute atomic E-state index is 0. The van der Waals surface area contributed by atoms with Crippen LogP contribution in [0.4, 0.5) is 0 Å². The van der Waals surface area contributed by atoms with Gasteiger partial charge in [-0.05, 0) is 19.3 Å². The van der Waals surface area contributed by atoms with E-state index in [1.807, 2.05) is 13.2 Å². The van der Waals surface area contributed by atoms with Crippen LogP contribution in [0.15, 0.2) is 17.5 Å². The fraction of sp³-hybridized carbons (Fsp3) is 0.600. The third kappa shape index (κ3) is 4.65. The molecule has 0 saturated carbocycles. The maximum atomic E-state index is 4.45. The Morgan fingerprint density at radius 2 is 2.21 bits per heavy atom. The van der Waals surface area contributed by atoms with Gasteiger partial charge in [-0.2, -0.15) is 5.10 Å². The molecule has 0 unspecified atom stereocenters. The predicted octanol–water partition coefficient (Wildman–Crippen LogP) is 2.40. The first-order valence-corrected chi connectivity index (χ1v) is 8.86. The molecule has 1 fully saturated rings. The molecule has 0 aliphatic carbocycles. The zero-order chi connectivity index (χ0) is 16.1. The highest BCUT2D eigenvalue weighted by atomic mass is 127. The molecule has 1 saturated heterocycles. The van der Waals surface area contributed by atoms with E-state index in [9.17, 15) is 0 Å². The summed E-state index contributed by atoms with van der Waals surface area (Å²) in [4.78, 5) is 16.8. The van der Waals surface area contributed by atoms with Crippen LogP contribution in [0.1, 0.15) is 41.4 Å². The van der Waals surface area contributed by atoms with Crippen LogP contribution in [-0.4, -0.2) is 51.2 Å². The molecule has 3 heterocycles. The first-order valence-electron chi connectivity index (χ1n) is 8.04. The van der Waals surface area contributed by atoms with Crippen LogP contribution in [0.5, 0.6) is 0 Å². The number of aryl methyl sites for hydroxylation is 1. The molecular weight excluding hydrogens is 437 g/mol. The molecule has 0 amide bonds. The number of H-pyrrole nitrogens is 1. The quantitative estimate of drug-likeness (QED) is 0.415. The molecule has 0 aromatic carbocycles. The zero-order valence-corrected chi connectivity index (χ0v) is 17.2. The van der Waals surface area contributed by atoms with Gasteiger partial charge in [-0.25, -0.2) is 9.97 Å². The normalized spacial score (nSPS) is 16.1. The number of guanidine groups is 1. The number of nitrogens with zero attached hydrogens (tertiary/aromatic N) is 5. The van der Waals surface area contributed by atoms with Crippen molar-refractivity contribution in [2.75, 3.05) is 20.1 Å². The van der Waals surface area contributed by atoms with Gasteiger partial charge in [0.1, 0.15) is 17.2 Å². The Labute approximate surface area is 163 Å². The van der Waals surface area contributed by atoms with Gasteiger partial charge in [0.15, 0.2) is 5.96 Å². The molecular formula is C15H24IN7S. The number of likely N-dealkylation sites (tertiary alicyclic amines) is 1. The summed E-state index contributed by atoms with van der Waals surface area (Å²) in [7, 11) is 1.84. The molecule has 2 N–H and O–H groups in total. The van der Waals surface area contributed by atoms with E-state index >= 15 is 0 Å². The average molecular weight is 461 g/mol. The number of piperidine rings is 1. The van der Waals surface area contributed by atoms with Crippen LogP contribution >= 0.6 is 35.3 Å².